The molecule has 3 heterocycles. The van der Waals surface area contributed by atoms with E-state index < -0.39 is 24.7 Å². The number of anilines is 1. The van der Waals surface area contributed by atoms with Crippen LogP contribution in [0, 0.1) is 0 Å². The number of amides is 1. The lowest BCUT2D eigenvalue weighted by Gasteiger charge is -2.25. The van der Waals surface area contributed by atoms with Gasteiger partial charge >= 0.3 is 6.18 Å². The highest BCUT2D eigenvalue weighted by molar-refractivity contribution is 7.17. The van der Waals surface area contributed by atoms with Crippen molar-refractivity contribution in [3.8, 4) is 0 Å². The van der Waals surface area contributed by atoms with Crippen molar-refractivity contribution < 1.29 is 18.0 Å². The minimum Gasteiger partial charge on any atom is -0.345 e. The molecule has 22 heavy (non-hydrogen) atoms. The van der Waals surface area contributed by atoms with Crippen LogP contribution < -0.4 is 10.2 Å². The second-order valence-electron chi connectivity index (χ2n) is 5.02. The molecule has 0 spiro atoms. The molecule has 1 aliphatic heterocycles. The molecule has 118 valence electrons. The summed E-state index contributed by atoms with van der Waals surface area (Å²) < 4.78 is 37.6. The molecule has 1 aliphatic rings. The van der Waals surface area contributed by atoms with Gasteiger partial charge in [-0.2, -0.15) is 13.2 Å². The lowest BCUT2D eigenvalue weighted by Crippen LogP contribution is -2.46. The highest BCUT2D eigenvalue weighted by Gasteiger charge is 2.35. The zero-order chi connectivity index (χ0) is 15.7. The maximum Gasteiger partial charge on any atom is 0.405 e. The molecule has 5 nitrogen and oxygen atoms in total. The van der Waals surface area contributed by atoms with Gasteiger partial charge in [0.1, 0.15) is 18.9 Å². The van der Waals surface area contributed by atoms with E-state index in [1.165, 1.54) is 17.7 Å². The fraction of sp³-hybridized carbons (Fsp3) is 0.462. The predicted molar refractivity (Wildman–Crippen MR) is 76.8 cm³/mol. The molecule has 1 fully saturated rings. The number of nitrogens with one attached hydrogen (secondary N) is 1. The van der Waals surface area contributed by atoms with E-state index in [4.69, 9.17) is 0 Å². The first-order valence-electron chi connectivity index (χ1n) is 6.75. The molecule has 1 atom stereocenters. The quantitative estimate of drug-likeness (QED) is 0.938. The summed E-state index contributed by atoms with van der Waals surface area (Å²) in [4.78, 5) is 22.2. The van der Waals surface area contributed by atoms with Crippen LogP contribution in [0.2, 0.25) is 0 Å². The average molecular weight is 330 g/mol. The minimum absolute atomic E-state index is 0.514. The number of alkyl halides is 3. The number of carbonyl (C=O) groups excluding carboxylic acids is 1. The Morgan fingerprint density at radius 3 is 3.05 bits per heavy atom. The van der Waals surface area contributed by atoms with Gasteiger partial charge in [0.05, 0.1) is 10.2 Å². The fourth-order valence-electron chi connectivity index (χ4n) is 2.58. The third-order valence-corrected chi connectivity index (χ3v) is 4.41. The second kappa shape index (κ2) is 5.71. The Kier molecular flexibility index (Phi) is 3.90. The van der Waals surface area contributed by atoms with Crippen LogP contribution in [0.4, 0.5) is 19.0 Å². The van der Waals surface area contributed by atoms with Crippen LogP contribution in [-0.4, -0.2) is 41.2 Å². The average Bonchev–Trinajstić information content (AvgIpc) is 3.11. The molecule has 1 amide bonds. The first kappa shape index (κ1) is 15.0. The van der Waals surface area contributed by atoms with Crippen molar-refractivity contribution in [2.24, 2.45) is 0 Å². The third kappa shape index (κ3) is 2.99. The summed E-state index contributed by atoms with van der Waals surface area (Å²) >= 11 is 1.45. The van der Waals surface area contributed by atoms with Crippen LogP contribution in [0.25, 0.3) is 10.2 Å². The van der Waals surface area contributed by atoms with Gasteiger partial charge in [0, 0.05) is 6.54 Å². The first-order valence-corrected chi connectivity index (χ1v) is 7.63. The van der Waals surface area contributed by atoms with Crippen molar-refractivity contribution in [3.05, 3.63) is 17.8 Å². The van der Waals surface area contributed by atoms with Gasteiger partial charge in [-0.05, 0) is 24.3 Å². The standard InChI is InChI=1S/C13H13F3N4OS/c14-13(15,16)6-17-12(21)9-2-1-4-20(9)11-10-8(3-5-22-10)18-7-19-11/h3,5,7,9H,1-2,4,6H2,(H,17,21). The smallest absolute Gasteiger partial charge is 0.345 e. The summed E-state index contributed by atoms with van der Waals surface area (Å²) in [5, 5.41) is 3.83. The van der Waals surface area contributed by atoms with Gasteiger partial charge in [0.25, 0.3) is 0 Å². The molecule has 2 aromatic rings. The van der Waals surface area contributed by atoms with Crippen molar-refractivity contribution in [2.45, 2.75) is 25.1 Å². The second-order valence-corrected chi connectivity index (χ2v) is 5.93. The van der Waals surface area contributed by atoms with Crippen LogP contribution in [0.3, 0.4) is 0 Å². The van der Waals surface area contributed by atoms with E-state index in [1.807, 2.05) is 16.8 Å². The molecular formula is C13H13F3N4OS. The van der Waals surface area contributed by atoms with E-state index in [0.717, 1.165) is 16.6 Å². The number of thiophene rings is 1. The minimum atomic E-state index is -4.41. The molecule has 0 aliphatic carbocycles. The summed E-state index contributed by atoms with van der Waals surface area (Å²) in [6.07, 6.45) is -1.75. The molecule has 2 aromatic heterocycles. The molecule has 0 bridgehead atoms. The van der Waals surface area contributed by atoms with Crippen molar-refractivity contribution in [3.63, 3.8) is 0 Å². The SMILES string of the molecule is O=C(NCC(F)(F)F)C1CCCN1c1ncnc2ccsc12. The lowest BCUT2D eigenvalue weighted by molar-refractivity contribution is -0.139. The van der Waals surface area contributed by atoms with E-state index >= 15 is 0 Å². The zero-order valence-electron chi connectivity index (χ0n) is 11.4. The van der Waals surface area contributed by atoms with Gasteiger partial charge in [0.2, 0.25) is 5.91 Å². The molecule has 1 saturated heterocycles. The zero-order valence-corrected chi connectivity index (χ0v) is 12.2. The number of rotatable bonds is 3. The number of hydrogen-bond donors (Lipinski definition) is 1. The molecule has 0 saturated carbocycles. The number of aromatic nitrogens is 2. The Labute approximate surface area is 128 Å². The number of carbonyl (C=O) groups is 1. The topological polar surface area (TPSA) is 58.1 Å². The molecule has 0 aromatic carbocycles. The summed E-state index contributed by atoms with van der Waals surface area (Å²) in [7, 11) is 0. The van der Waals surface area contributed by atoms with E-state index in [-0.39, 0.29) is 0 Å². The van der Waals surface area contributed by atoms with Gasteiger partial charge < -0.3 is 10.2 Å². The van der Waals surface area contributed by atoms with E-state index in [0.29, 0.717) is 18.8 Å². The van der Waals surface area contributed by atoms with Crippen molar-refractivity contribution in [1.29, 1.82) is 0 Å². The first-order chi connectivity index (χ1) is 10.5. The van der Waals surface area contributed by atoms with Gasteiger partial charge in [-0.1, -0.05) is 0 Å². The molecule has 3 rings (SSSR count). The van der Waals surface area contributed by atoms with E-state index in [1.54, 1.807) is 4.90 Å². The highest BCUT2D eigenvalue weighted by Crippen LogP contribution is 2.32. The Morgan fingerprint density at radius 2 is 2.27 bits per heavy atom. The van der Waals surface area contributed by atoms with Crippen LogP contribution >= 0.6 is 11.3 Å². The molecule has 1 unspecified atom stereocenters. The summed E-state index contributed by atoms with van der Waals surface area (Å²) in [6.45, 7) is -0.720. The van der Waals surface area contributed by atoms with Crippen LogP contribution in [-0.2, 0) is 4.79 Å². The van der Waals surface area contributed by atoms with Crippen molar-refractivity contribution in [1.82, 2.24) is 15.3 Å². The summed E-state index contributed by atoms with van der Waals surface area (Å²) in [5.74, 6) is 0.00259. The number of hydrogen-bond acceptors (Lipinski definition) is 5. The monoisotopic (exact) mass is 330 g/mol. The summed E-state index contributed by atoms with van der Waals surface area (Å²) in [6, 6.07) is 1.22. The lowest BCUT2D eigenvalue weighted by atomic mass is 10.2. The number of halogens is 3. The largest absolute Gasteiger partial charge is 0.405 e. The van der Waals surface area contributed by atoms with Crippen molar-refractivity contribution in [2.75, 3.05) is 18.0 Å². The highest BCUT2D eigenvalue weighted by atomic mass is 32.1. The van der Waals surface area contributed by atoms with Crippen LogP contribution in [0.15, 0.2) is 17.8 Å². The van der Waals surface area contributed by atoms with Gasteiger partial charge in [-0.25, -0.2) is 9.97 Å². The Balaban J connectivity index is 1.81. The fourth-order valence-corrected chi connectivity index (χ4v) is 3.43. The maximum absolute atomic E-state index is 12.2. The predicted octanol–water partition coefficient (Wildman–Crippen LogP) is 2.34. The van der Waals surface area contributed by atoms with E-state index in [9.17, 15) is 18.0 Å². The van der Waals surface area contributed by atoms with Crippen LogP contribution in [0.5, 0.6) is 0 Å². The van der Waals surface area contributed by atoms with Gasteiger partial charge in [0.15, 0.2) is 5.82 Å². The normalized spacial score (nSPS) is 18.9. The Morgan fingerprint density at radius 1 is 1.45 bits per heavy atom. The molecular weight excluding hydrogens is 317 g/mol. The molecule has 0 radical (unpaired) electrons. The maximum atomic E-state index is 12.2. The number of fused-ring (bicyclic) bond motifs is 1. The Bertz CT molecular complexity index is 687. The van der Waals surface area contributed by atoms with Gasteiger partial charge in [-0.15, -0.1) is 11.3 Å². The van der Waals surface area contributed by atoms with E-state index in [2.05, 4.69) is 9.97 Å². The Hall–Kier alpha value is -1.90. The molecule has 1 N–H and O–H groups in total. The molecule has 9 heteroatoms. The van der Waals surface area contributed by atoms with Crippen LogP contribution in [0.1, 0.15) is 12.8 Å². The summed E-state index contributed by atoms with van der Waals surface area (Å²) in [5.41, 5.74) is 0.774. The third-order valence-electron chi connectivity index (χ3n) is 3.51. The van der Waals surface area contributed by atoms with Gasteiger partial charge in [-0.3, -0.25) is 4.79 Å². The van der Waals surface area contributed by atoms with Crippen molar-refractivity contribution >= 4 is 33.3 Å². The number of nitrogens with zero attached hydrogens (tertiary/aromatic N) is 3.